The van der Waals surface area contributed by atoms with Gasteiger partial charge < -0.3 is 9.47 Å². The Morgan fingerprint density at radius 2 is 2.04 bits per heavy atom. The van der Waals surface area contributed by atoms with Gasteiger partial charge in [0.2, 0.25) is 0 Å². The maximum atomic E-state index is 12.3. The topological polar surface area (TPSA) is 96.7 Å². The highest BCUT2D eigenvalue weighted by atomic mass is 32.2. The molecule has 136 valence electrons. The Hall–Kier alpha value is -2.79. The summed E-state index contributed by atoms with van der Waals surface area (Å²) in [4.78, 5) is 37.2. The van der Waals surface area contributed by atoms with Crippen molar-refractivity contribution in [2.75, 3.05) is 19.8 Å². The summed E-state index contributed by atoms with van der Waals surface area (Å²) in [6.45, 7) is 1.82. The number of thioether (sulfide) groups is 1. The van der Waals surface area contributed by atoms with Gasteiger partial charge in [0.1, 0.15) is 18.4 Å². The van der Waals surface area contributed by atoms with E-state index in [4.69, 9.17) is 14.7 Å². The second-order valence-corrected chi connectivity index (χ2v) is 6.35. The molecule has 0 bridgehead atoms. The Bertz CT molecular complexity index is 752. The van der Waals surface area contributed by atoms with Crippen LogP contribution in [0.25, 0.3) is 6.08 Å². The predicted molar refractivity (Wildman–Crippen MR) is 96.1 cm³/mol. The lowest BCUT2D eigenvalue weighted by Crippen LogP contribution is -2.34. The van der Waals surface area contributed by atoms with E-state index in [0.717, 1.165) is 29.5 Å². The molecule has 0 unspecified atom stereocenters. The molecule has 2 amide bonds. The molecule has 1 aromatic rings. The predicted octanol–water partition coefficient (Wildman–Crippen LogP) is 2.97. The molecule has 8 heteroatoms. The van der Waals surface area contributed by atoms with Crippen molar-refractivity contribution in [1.29, 1.82) is 5.26 Å². The van der Waals surface area contributed by atoms with Gasteiger partial charge in [-0.25, -0.2) is 0 Å². The number of benzene rings is 1. The number of imide groups is 1. The van der Waals surface area contributed by atoms with E-state index in [1.807, 2.05) is 13.0 Å². The zero-order valence-corrected chi connectivity index (χ0v) is 15.1. The molecule has 0 spiro atoms. The average Bonchev–Trinajstić information content (AvgIpc) is 2.89. The molecule has 0 atom stereocenters. The van der Waals surface area contributed by atoms with Crippen molar-refractivity contribution in [2.45, 2.75) is 19.8 Å². The van der Waals surface area contributed by atoms with Crippen LogP contribution < -0.4 is 4.74 Å². The molecule has 1 aliphatic heterocycles. The molecule has 0 radical (unpaired) electrons. The Morgan fingerprint density at radius 3 is 2.69 bits per heavy atom. The molecule has 2 rings (SSSR count). The third kappa shape index (κ3) is 5.36. The van der Waals surface area contributed by atoms with Crippen molar-refractivity contribution >= 4 is 35.0 Å². The molecular weight excluding hydrogens is 356 g/mol. The lowest BCUT2D eigenvalue weighted by Gasteiger charge is -2.11. The second kappa shape index (κ2) is 9.63. The summed E-state index contributed by atoms with van der Waals surface area (Å²) in [5.74, 6) is -0.579. The van der Waals surface area contributed by atoms with Crippen LogP contribution in [0.15, 0.2) is 29.2 Å². The first-order chi connectivity index (χ1) is 12.5. The van der Waals surface area contributed by atoms with Crippen molar-refractivity contribution in [3.63, 3.8) is 0 Å². The summed E-state index contributed by atoms with van der Waals surface area (Å²) in [5.41, 5.74) is 0.699. The first kappa shape index (κ1) is 19.5. The Kier molecular flexibility index (Phi) is 7.24. The highest BCUT2D eigenvalue weighted by Gasteiger charge is 2.36. The van der Waals surface area contributed by atoms with Crippen LogP contribution in [0.3, 0.4) is 0 Å². The molecule has 0 aromatic heterocycles. The molecule has 1 fully saturated rings. The number of rotatable bonds is 8. The molecule has 7 nitrogen and oxygen atoms in total. The number of nitriles is 1. The second-order valence-electron chi connectivity index (χ2n) is 5.36. The highest BCUT2D eigenvalue weighted by Crippen LogP contribution is 2.32. The van der Waals surface area contributed by atoms with Crippen molar-refractivity contribution < 1.29 is 23.9 Å². The fourth-order valence-electron chi connectivity index (χ4n) is 2.07. The Balaban J connectivity index is 1.99. The zero-order valence-electron chi connectivity index (χ0n) is 14.3. The third-order valence-corrected chi connectivity index (χ3v) is 4.31. The van der Waals surface area contributed by atoms with E-state index in [-0.39, 0.29) is 24.7 Å². The van der Waals surface area contributed by atoms with Crippen LogP contribution in [-0.4, -0.2) is 41.8 Å². The summed E-state index contributed by atoms with van der Waals surface area (Å²) < 4.78 is 10.1. The van der Waals surface area contributed by atoms with Gasteiger partial charge in [0.15, 0.2) is 6.61 Å². The lowest BCUT2D eigenvalue weighted by molar-refractivity contribution is -0.146. The van der Waals surface area contributed by atoms with Crippen LogP contribution in [0.1, 0.15) is 25.3 Å². The minimum atomic E-state index is -0.596. The van der Waals surface area contributed by atoms with Crippen LogP contribution in [0.4, 0.5) is 4.79 Å². The van der Waals surface area contributed by atoms with Gasteiger partial charge in [-0.05, 0) is 42.0 Å². The number of nitrogens with zero attached hydrogens (tertiary/aromatic N) is 2. The molecule has 1 aromatic carbocycles. The third-order valence-electron chi connectivity index (χ3n) is 3.40. The molecule has 0 saturated carbocycles. The molecule has 26 heavy (non-hydrogen) atoms. The van der Waals surface area contributed by atoms with E-state index < -0.39 is 17.1 Å². The maximum absolute atomic E-state index is 12.3. The number of unbranched alkanes of at least 4 members (excludes halogenated alkanes) is 1. The molecule has 1 aliphatic rings. The Labute approximate surface area is 155 Å². The summed E-state index contributed by atoms with van der Waals surface area (Å²) >= 11 is 0.781. The van der Waals surface area contributed by atoms with E-state index in [2.05, 4.69) is 0 Å². The first-order valence-corrected chi connectivity index (χ1v) is 8.87. The number of hydrogen-bond donors (Lipinski definition) is 0. The van der Waals surface area contributed by atoms with Crippen LogP contribution in [0.5, 0.6) is 5.75 Å². The van der Waals surface area contributed by atoms with Gasteiger partial charge in [0.25, 0.3) is 11.1 Å². The largest absolute Gasteiger partial charge is 0.479 e. The van der Waals surface area contributed by atoms with Gasteiger partial charge in [-0.2, -0.15) is 5.26 Å². The maximum Gasteiger partial charge on any atom is 0.326 e. The molecule has 0 aliphatic carbocycles. The van der Waals surface area contributed by atoms with E-state index in [0.29, 0.717) is 11.3 Å². The summed E-state index contributed by atoms with van der Waals surface area (Å²) in [6.07, 6.45) is 3.20. The van der Waals surface area contributed by atoms with Gasteiger partial charge in [-0.3, -0.25) is 19.3 Å². The van der Waals surface area contributed by atoms with E-state index in [1.165, 1.54) is 0 Å². The first-order valence-electron chi connectivity index (χ1n) is 8.06. The molecule has 1 saturated heterocycles. The van der Waals surface area contributed by atoms with Gasteiger partial charge in [0, 0.05) is 0 Å². The molecule has 0 N–H and O–H groups in total. The van der Waals surface area contributed by atoms with Gasteiger partial charge in [0.05, 0.1) is 11.5 Å². The van der Waals surface area contributed by atoms with Crippen molar-refractivity contribution in [2.24, 2.45) is 0 Å². The van der Waals surface area contributed by atoms with Crippen molar-refractivity contribution in [3.8, 4) is 11.8 Å². The summed E-state index contributed by atoms with van der Waals surface area (Å²) in [6, 6.07) is 8.62. The van der Waals surface area contributed by atoms with Crippen molar-refractivity contribution in [1.82, 2.24) is 4.90 Å². The SMILES string of the molecule is CCCCOC(=O)CN1C(=O)S/C(=C\c2ccc(OCC#N)cc2)C1=O. The Morgan fingerprint density at radius 1 is 1.31 bits per heavy atom. The monoisotopic (exact) mass is 374 g/mol. The standard InChI is InChI=1S/C18H18N2O5S/c1-2-3-9-25-16(21)12-20-17(22)15(26-18(20)23)11-13-4-6-14(7-5-13)24-10-8-19/h4-7,11H,2-3,9-10,12H2,1H3/b15-11-. The van der Waals surface area contributed by atoms with E-state index in [1.54, 1.807) is 30.3 Å². The van der Waals surface area contributed by atoms with Crippen LogP contribution in [0.2, 0.25) is 0 Å². The minimum absolute atomic E-state index is 0.0490. The van der Waals surface area contributed by atoms with Gasteiger partial charge in [-0.1, -0.05) is 25.5 Å². The highest BCUT2D eigenvalue weighted by molar-refractivity contribution is 8.18. The van der Waals surface area contributed by atoms with Gasteiger partial charge in [-0.15, -0.1) is 0 Å². The van der Waals surface area contributed by atoms with E-state index in [9.17, 15) is 14.4 Å². The smallest absolute Gasteiger partial charge is 0.326 e. The number of amides is 2. The van der Waals surface area contributed by atoms with E-state index >= 15 is 0 Å². The zero-order chi connectivity index (χ0) is 18.9. The van der Waals surface area contributed by atoms with Gasteiger partial charge >= 0.3 is 5.97 Å². The number of carbonyl (C=O) groups excluding carboxylic acids is 3. The number of ether oxygens (including phenoxy) is 2. The lowest BCUT2D eigenvalue weighted by atomic mass is 10.2. The molecular formula is C18H18N2O5S. The summed E-state index contributed by atoms with van der Waals surface area (Å²) in [7, 11) is 0. The van der Waals surface area contributed by atoms with Crippen LogP contribution >= 0.6 is 11.8 Å². The average molecular weight is 374 g/mol. The minimum Gasteiger partial charge on any atom is -0.479 e. The van der Waals surface area contributed by atoms with Crippen LogP contribution in [-0.2, 0) is 14.3 Å². The fourth-order valence-corrected chi connectivity index (χ4v) is 2.91. The number of esters is 1. The number of hydrogen-bond acceptors (Lipinski definition) is 7. The van der Waals surface area contributed by atoms with Crippen LogP contribution in [0, 0.1) is 11.3 Å². The summed E-state index contributed by atoms with van der Waals surface area (Å²) in [5, 5.41) is 7.98. The molecule has 1 heterocycles. The quantitative estimate of drug-likeness (QED) is 0.392. The fraction of sp³-hybridized carbons (Fsp3) is 0.333. The van der Waals surface area contributed by atoms with Crippen molar-refractivity contribution in [3.05, 3.63) is 34.7 Å². The number of carbonyl (C=O) groups is 3. The normalized spacial score (nSPS) is 15.2.